The monoisotopic (exact) mass is 341 g/mol. The second-order valence-electron chi connectivity index (χ2n) is 7.95. The van der Waals surface area contributed by atoms with Gasteiger partial charge in [0.1, 0.15) is 0 Å². The van der Waals surface area contributed by atoms with Gasteiger partial charge in [0.05, 0.1) is 0 Å². The van der Waals surface area contributed by atoms with Gasteiger partial charge in [-0.25, -0.2) is 4.79 Å². The normalized spacial score (nSPS) is 27.3. The van der Waals surface area contributed by atoms with Crippen LogP contribution in [-0.4, -0.2) is 42.5 Å². The zero-order valence-electron chi connectivity index (χ0n) is 14.7. The first-order valence-electron chi connectivity index (χ1n) is 9.56. The number of anilines is 1. The zero-order valence-corrected chi connectivity index (χ0v) is 14.7. The fourth-order valence-electron chi connectivity index (χ4n) is 4.63. The van der Waals surface area contributed by atoms with Crippen LogP contribution in [-0.2, 0) is 4.79 Å². The molecule has 1 atom stereocenters. The molecule has 0 unspecified atom stereocenters. The standard InChI is InChI=1S/C20H27N3O2/c24-18-13-20(15-23(18)17-9-5-2-6-10-17)11-12-22(14-20)19(25)21-16-7-3-1-4-8-16/h2,5-6,9-10,16H,1,3-4,7-8,11-15H2,(H,21,25)/t20-/m0/s1. The Morgan fingerprint density at radius 1 is 1.08 bits per heavy atom. The molecule has 1 aromatic carbocycles. The summed E-state index contributed by atoms with van der Waals surface area (Å²) in [5, 5.41) is 3.21. The van der Waals surface area contributed by atoms with Crippen molar-refractivity contribution in [1.82, 2.24) is 10.2 Å². The van der Waals surface area contributed by atoms with Crippen molar-refractivity contribution in [2.24, 2.45) is 5.41 Å². The van der Waals surface area contributed by atoms with Crippen LogP contribution in [0.15, 0.2) is 30.3 Å². The lowest BCUT2D eigenvalue weighted by Crippen LogP contribution is -2.45. The van der Waals surface area contributed by atoms with Crippen LogP contribution >= 0.6 is 0 Å². The average molecular weight is 341 g/mol. The SMILES string of the molecule is O=C(NC1CCCCC1)N1CC[C@]2(CC(=O)N(c3ccccc3)C2)C1. The van der Waals surface area contributed by atoms with E-state index in [1.54, 1.807) is 0 Å². The van der Waals surface area contributed by atoms with Gasteiger partial charge in [-0.3, -0.25) is 4.79 Å². The molecule has 5 heteroatoms. The van der Waals surface area contributed by atoms with Gasteiger partial charge >= 0.3 is 6.03 Å². The van der Waals surface area contributed by atoms with Crippen LogP contribution in [0, 0.1) is 5.41 Å². The summed E-state index contributed by atoms with van der Waals surface area (Å²) in [7, 11) is 0. The minimum absolute atomic E-state index is 0.0642. The molecule has 0 bridgehead atoms. The summed E-state index contributed by atoms with van der Waals surface area (Å²) in [6.45, 7) is 2.18. The van der Waals surface area contributed by atoms with Gasteiger partial charge in [0, 0.05) is 43.2 Å². The largest absolute Gasteiger partial charge is 0.335 e. The van der Waals surface area contributed by atoms with Crippen LogP contribution in [0.2, 0.25) is 0 Å². The second-order valence-corrected chi connectivity index (χ2v) is 7.95. The Bertz CT molecular complexity index is 642. The molecule has 0 aromatic heterocycles. The average Bonchev–Trinajstić information content (AvgIpc) is 3.20. The molecule has 2 saturated heterocycles. The second kappa shape index (κ2) is 6.70. The fraction of sp³-hybridized carbons (Fsp3) is 0.600. The summed E-state index contributed by atoms with van der Waals surface area (Å²) < 4.78 is 0. The smallest absolute Gasteiger partial charge is 0.317 e. The molecule has 134 valence electrons. The number of hydrogen-bond acceptors (Lipinski definition) is 2. The van der Waals surface area contributed by atoms with E-state index in [1.807, 2.05) is 40.1 Å². The molecular formula is C20H27N3O2. The number of hydrogen-bond donors (Lipinski definition) is 1. The molecule has 1 aliphatic carbocycles. The summed E-state index contributed by atoms with van der Waals surface area (Å²) in [6, 6.07) is 10.3. The number of urea groups is 1. The summed E-state index contributed by atoms with van der Waals surface area (Å²) in [4.78, 5) is 29.0. The number of likely N-dealkylation sites (tertiary alicyclic amines) is 1. The van der Waals surface area contributed by atoms with Crippen molar-refractivity contribution in [3.05, 3.63) is 30.3 Å². The minimum Gasteiger partial charge on any atom is -0.335 e. The third kappa shape index (κ3) is 3.37. The van der Waals surface area contributed by atoms with E-state index in [2.05, 4.69) is 5.32 Å². The first-order chi connectivity index (χ1) is 12.2. The molecular weight excluding hydrogens is 314 g/mol. The van der Waals surface area contributed by atoms with Crippen LogP contribution in [0.3, 0.4) is 0 Å². The van der Waals surface area contributed by atoms with Crippen LogP contribution in [0.5, 0.6) is 0 Å². The lowest BCUT2D eigenvalue weighted by Gasteiger charge is -2.27. The van der Waals surface area contributed by atoms with Crippen LogP contribution in [0.4, 0.5) is 10.5 Å². The Morgan fingerprint density at radius 2 is 1.84 bits per heavy atom. The third-order valence-corrected chi connectivity index (χ3v) is 6.05. The molecule has 1 N–H and O–H groups in total. The minimum atomic E-state index is -0.0726. The van der Waals surface area contributed by atoms with Gasteiger partial charge < -0.3 is 15.1 Å². The van der Waals surface area contributed by atoms with Crippen molar-refractivity contribution in [2.75, 3.05) is 24.5 Å². The maximum atomic E-state index is 12.6. The quantitative estimate of drug-likeness (QED) is 0.898. The molecule has 5 nitrogen and oxygen atoms in total. The number of carbonyl (C=O) groups excluding carboxylic acids is 2. The van der Waals surface area contributed by atoms with Crippen molar-refractivity contribution >= 4 is 17.6 Å². The van der Waals surface area contributed by atoms with E-state index in [9.17, 15) is 9.59 Å². The van der Waals surface area contributed by atoms with E-state index in [0.717, 1.165) is 38.0 Å². The van der Waals surface area contributed by atoms with Crippen LogP contribution in [0.1, 0.15) is 44.9 Å². The molecule has 3 aliphatic rings. The number of para-hydroxylation sites is 1. The zero-order chi connectivity index (χ0) is 17.3. The van der Waals surface area contributed by atoms with Crippen LogP contribution < -0.4 is 10.2 Å². The van der Waals surface area contributed by atoms with Gasteiger partial charge in [-0.2, -0.15) is 0 Å². The fourth-order valence-corrected chi connectivity index (χ4v) is 4.63. The number of amides is 3. The number of nitrogens with zero attached hydrogens (tertiary/aromatic N) is 2. The molecule has 1 saturated carbocycles. The molecule has 25 heavy (non-hydrogen) atoms. The highest BCUT2D eigenvalue weighted by Crippen LogP contribution is 2.41. The van der Waals surface area contributed by atoms with Crippen LogP contribution in [0.25, 0.3) is 0 Å². The summed E-state index contributed by atoms with van der Waals surface area (Å²) in [5.74, 6) is 0.181. The number of benzene rings is 1. The molecule has 3 fully saturated rings. The predicted molar refractivity (Wildman–Crippen MR) is 97.4 cm³/mol. The molecule has 3 amide bonds. The van der Waals surface area contributed by atoms with E-state index < -0.39 is 0 Å². The van der Waals surface area contributed by atoms with E-state index in [-0.39, 0.29) is 17.4 Å². The van der Waals surface area contributed by atoms with E-state index in [0.29, 0.717) is 19.0 Å². The summed E-state index contributed by atoms with van der Waals surface area (Å²) in [5.41, 5.74) is 0.895. The first-order valence-corrected chi connectivity index (χ1v) is 9.56. The maximum absolute atomic E-state index is 12.6. The predicted octanol–water partition coefficient (Wildman–Crippen LogP) is 3.16. The Balaban J connectivity index is 1.38. The van der Waals surface area contributed by atoms with Gasteiger partial charge in [0.25, 0.3) is 0 Å². The molecule has 4 rings (SSSR count). The molecule has 1 aromatic rings. The topological polar surface area (TPSA) is 52.7 Å². The van der Waals surface area contributed by atoms with Crippen molar-refractivity contribution in [1.29, 1.82) is 0 Å². The summed E-state index contributed by atoms with van der Waals surface area (Å²) in [6.07, 6.45) is 7.40. The van der Waals surface area contributed by atoms with Gasteiger partial charge in [0.15, 0.2) is 0 Å². The highest BCUT2D eigenvalue weighted by molar-refractivity contribution is 5.96. The van der Waals surface area contributed by atoms with Crippen molar-refractivity contribution in [3.63, 3.8) is 0 Å². The van der Waals surface area contributed by atoms with Gasteiger partial charge in [-0.1, -0.05) is 37.5 Å². The van der Waals surface area contributed by atoms with E-state index >= 15 is 0 Å². The lowest BCUT2D eigenvalue weighted by atomic mass is 9.86. The Kier molecular flexibility index (Phi) is 4.40. The molecule has 2 heterocycles. The molecule has 2 aliphatic heterocycles. The van der Waals surface area contributed by atoms with Gasteiger partial charge in [-0.15, -0.1) is 0 Å². The van der Waals surface area contributed by atoms with Gasteiger partial charge in [0.2, 0.25) is 5.91 Å². The van der Waals surface area contributed by atoms with Crippen molar-refractivity contribution < 1.29 is 9.59 Å². The van der Waals surface area contributed by atoms with E-state index in [4.69, 9.17) is 0 Å². The van der Waals surface area contributed by atoms with E-state index in [1.165, 1.54) is 19.3 Å². The lowest BCUT2D eigenvalue weighted by molar-refractivity contribution is -0.117. The Morgan fingerprint density at radius 3 is 2.60 bits per heavy atom. The molecule has 1 spiro atoms. The van der Waals surface area contributed by atoms with Gasteiger partial charge in [-0.05, 0) is 31.4 Å². The number of carbonyl (C=O) groups is 2. The highest BCUT2D eigenvalue weighted by atomic mass is 16.2. The first kappa shape index (κ1) is 16.4. The highest BCUT2D eigenvalue weighted by Gasteiger charge is 2.48. The summed E-state index contributed by atoms with van der Waals surface area (Å²) >= 11 is 0. The maximum Gasteiger partial charge on any atom is 0.317 e. The Labute approximate surface area is 149 Å². The number of nitrogens with one attached hydrogen (secondary N) is 1. The molecule has 0 radical (unpaired) electrons. The van der Waals surface area contributed by atoms with Crippen molar-refractivity contribution in [3.8, 4) is 0 Å². The van der Waals surface area contributed by atoms with Crippen molar-refractivity contribution in [2.45, 2.75) is 51.0 Å². The number of rotatable bonds is 2. The Hall–Kier alpha value is -2.04. The third-order valence-electron chi connectivity index (χ3n) is 6.05.